The summed E-state index contributed by atoms with van der Waals surface area (Å²) in [6.45, 7) is 6.04. The average Bonchev–Trinajstić information content (AvgIpc) is 2.90. The third-order valence-corrected chi connectivity index (χ3v) is 3.96. The van der Waals surface area contributed by atoms with Crippen LogP contribution in [0.25, 0.3) is 0 Å². The summed E-state index contributed by atoms with van der Waals surface area (Å²) in [4.78, 5) is 11.9. The van der Waals surface area contributed by atoms with Gasteiger partial charge in [-0.25, -0.2) is 0 Å². The Balaban J connectivity index is 1.77. The Morgan fingerprint density at radius 2 is 2.18 bits per heavy atom. The number of carbonyl (C=O) groups is 1. The van der Waals surface area contributed by atoms with Crippen LogP contribution in [-0.4, -0.2) is 36.2 Å². The molecule has 2 heterocycles. The summed E-state index contributed by atoms with van der Waals surface area (Å²) in [6, 6.07) is 0.492. The molecule has 2 saturated heterocycles. The van der Waals surface area contributed by atoms with E-state index in [0.717, 1.165) is 19.3 Å². The molecule has 2 rings (SSSR count). The van der Waals surface area contributed by atoms with E-state index in [4.69, 9.17) is 4.74 Å². The fraction of sp³-hybridized carbons (Fsp3) is 0.923. The van der Waals surface area contributed by atoms with Gasteiger partial charge in [-0.2, -0.15) is 0 Å². The Morgan fingerprint density at radius 3 is 2.71 bits per heavy atom. The Labute approximate surface area is 103 Å². The highest BCUT2D eigenvalue weighted by molar-refractivity contribution is 5.81. The lowest BCUT2D eigenvalue weighted by molar-refractivity contribution is -0.123. The van der Waals surface area contributed by atoms with Crippen molar-refractivity contribution in [1.29, 1.82) is 0 Å². The monoisotopic (exact) mass is 240 g/mol. The van der Waals surface area contributed by atoms with Crippen molar-refractivity contribution in [1.82, 2.24) is 10.6 Å². The van der Waals surface area contributed by atoms with E-state index in [9.17, 15) is 4.79 Å². The number of hydrogen-bond acceptors (Lipinski definition) is 3. The fourth-order valence-electron chi connectivity index (χ4n) is 2.68. The smallest absolute Gasteiger partial charge is 0.237 e. The Kier molecular flexibility index (Phi) is 4.05. The van der Waals surface area contributed by atoms with Crippen molar-refractivity contribution in [3.63, 3.8) is 0 Å². The Morgan fingerprint density at radius 1 is 1.41 bits per heavy atom. The molecule has 2 aliphatic heterocycles. The van der Waals surface area contributed by atoms with Gasteiger partial charge in [-0.3, -0.25) is 4.79 Å². The van der Waals surface area contributed by atoms with Gasteiger partial charge in [0.2, 0.25) is 5.91 Å². The Hall–Kier alpha value is -0.610. The summed E-state index contributed by atoms with van der Waals surface area (Å²) in [5.41, 5.74) is 0. The van der Waals surface area contributed by atoms with Crippen molar-refractivity contribution in [2.24, 2.45) is 0 Å². The fourth-order valence-corrected chi connectivity index (χ4v) is 2.68. The van der Waals surface area contributed by atoms with Gasteiger partial charge < -0.3 is 15.4 Å². The molecule has 0 aromatic carbocycles. The number of amides is 1. The van der Waals surface area contributed by atoms with Gasteiger partial charge in [0.15, 0.2) is 0 Å². The molecule has 0 aromatic heterocycles. The zero-order chi connectivity index (χ0) is 12.4. The highest BCUT2D eigenvalue weighted by atomic mass is 16.5. The van der Waals surface area contributed by atoms with Crippen molar-refractivity contribution in [3.05, 3.63) is 0 Å². The van der Waals surface area contributed by atoms with Crippen LogP contribution in [0, 0.1) is 0 Å². The van der Waals surface area contributed by atoms with Crippen molar-refractivity contribution in [2.75, 3.05) is 0 Å². The average molecular weight is 240 g/mol. The lowest BCUT2D eigenvalue weighted by Gasteiger charge is -2.25. The van der Waals surface area contributed by atoms with Gasteiger partial charge in [0.25, 0.3) is 0 Å². The highest BCUT2D eigenvalue weighted by Crippen LogP contribution is 2.34. The molecule has 0 aliphatic carbocycles. The molecule has 1 amide bonds. The van der Waals surface area contributed by atoms with Gasteiger partial charge in [0, 0.05) is 12.1 Å². The van der Waals surface area contributed by atoms with E-state index >= 15 is 0 Å². The van der Waals surface area contributed by atoms with Crippen LogP contribution in [-0.2, 0) is 9.53 Å². The predicted molar refractivity (Wildman–Crippen MR) is 66.8 cm³/mol. The molecule has 2 bridgehead atoms. The molecular weight excluding hydrogens is 216 g/mol. The second-order valence-electron chi connectivity index (χ2n) is 5.42. The second kappa shape index (κ2) is 5.36. The standard InChI is InChI=1S/C13H24N2O2/c1-4-8(2)14-13(16)9(3)15-11-7-10-5-6-12(11)17-10/h8-12,15H,4-7H2,1-3H3,(H,14,16). The maximum absolute atomic E-state index is 11.9. The molecule has 4 nitrogen and oxygen atoms in total. The van der Waals surface area contributed by atoms with E-state index in [1.54, 1.807) is 0 Å². The Bertz CT molecular complexity index is 283. The van der Waals surface area contributed by atoms with Gasteiger partial charge in [0.05, 0.1) is 18.2 Å². The molecule has 2 N–H and O–H groups in total. The summed E-state index contributed by atoms with van der Waals surface area (Å²) in [5.74, 6) is 0.0992. The quantitative estimate of drug-likeness (QED) is 0.759. The third-order valence-electron chi connectivity index (χ3n) is 3.96. The highest BCUT2D eigenvalue weighted by Gasteiger charge is 2.41. The summed E-state index contributed by atoms with van der Waals surface area (Å²) in [6.07, 6.45) is 5.13. The number of rotatable bonds is 5. The lowest BCUT2D eigenvalue weighted by atomic mass is 9.95. The molecule has 0 radical (unpaired) electrons. The lowest BCUT2D eigenvalue weighted by Crippen LogP contribution is -2.51. The zero-order valence-electron chi connectivity index (χ0n) is 11.0. The first kappa shape index (κ1) is 12.8. The normalized spacial score (nSPS) is 34.6. The first-order valence-corrected chi connectivity index (χ1v) is 6.82. The molecule has 2 aliphatic rings. The van der Waals surface area contributed by atoms with Crippen LogP contribution in [0.4, 0.5) is 0 Å². The van der Waals surface area contributed by atoms with Crippen LogP contribution >= 0.6 is 0 Å². The molecule has 0 spiro atoms. The number of fused-ring (bicyclic) bond motifs is 2. The van der Waals surface area contributed by atoms with E-state index in [1.165, 1.54) is 6.42 Å². The number of carbonyl (C=O) groups excluding carboxylic acids is 1. The van der Waals surface area contributed by atoms with Crippen LogP contribution < -0.4 is 10.6 Å². The molecule has 0 saturated carbocycles. The second-order valence-corrected chi connectivity index (χ2v) is 5.42. The van der Waals surface area contributed by atoms with Gasteiger partial charge in [-0.15, -0.1) is 0 Å². The number of hydrogen-bond donors (Lipinski definition) is 2. The van der Waals surface area contributed by atoms with E-state index < -0.39 is 0 Å². The zero-order valence-corrected chi connectivity index (χ0v) is 11.0. The molecule has 5 unspecified atom stereocenters. The van der Waals surface area contributed by atoms with Crippen molar-refractivity contribution < 1.29 is 9.53 Å². The van der Waals surface area contributed by atoms with Gasteiger partial charge in [-0.05, 0) is 39.5 Å². The molecule has 5 atom stereocenters. The van der Waals surface area contributed by atoms with Gasteiger partial charge in [0.1, 0.15) is 0 Å². The third kappa shape index (κ3) is 2.99. The predicted octanol–water partition coefficient (Wildman–Crippen LogP) is 1.20. The van der Waals surface area contributed by atoms with Crippen LogP contribution in [0.3, 0.4) is 0 Å². The van der Waals surface area contributed by atoms with Crippen LogP contribution in [0.15, 0.2) is 0 Å². The molecule has 17 heavy (non-hydrogen) atoms. The van der Waals surface area contributed by atoms with Gasteiger partial charge >= 0.3 is 0 Å². The van der Waals surface area contributed by atoms with Crippen LogP contribution in [0.1, 0.15) is 46.5 Å². The van der Waals surface area contributed by atoms with Crippen LogP contribution in [0.2, 0.25) is 0 Å². The van der Waals surface area contributed by atoms with Crippen LogP contribution in [0.5, 0.6) is 0 Å². The first-order valence-electron chi connectivity index (χ1n) is 6.82. The summed E-state index contributed by atoms with van der Waals surface area (Å²) >= 11 is 0. The summed E-state index contributed by atoms with van der Waals surface area (Å²) in [7, 11) is 0. The minimum Gasteiger partial charge on any atom is -0.373 e. The molecular formula is C13H24N2O2. The molecule has 4 heteroatoms. The van der Waals surface area contributed by atoms with Crippen molar-refractivity contribution in [2.45, 2.75) is 76.8 Å². The van der Waals surface area contributed by atoms with E-state index in [1.807, 2.05) is 13.8 Å². The topological polar surface area (TPSA) is 50.4 Å². The number of nitrogens with one attached hydrogen (secondary N) is 2. The molecule has 98 valence electrons. The van der Waals surface area contributed by atoms with E-state index in [2.05, 4.69) is 17.6 Å². The SMILES string of the molecule is CCC(C)NC(=O)C(C)NC1CC2CCC1O2. The van der Waals surface area contributed by atoms with E-state index in [-0.39, 0.29) is 18.0 Å². The summed E-state index contributed by atoms with van der Waals surface area (Å²) in [5, 5.41) is 6.41. The van der Waals surface area contributed by atoms with Crippen molar-refractivity contribution in [3.8, 4) is 0 Å². The van der Waals surface area contributed by atoms with Crippen molar-refractivity contribution >= 4 is 5.91 Å². The molecule has 0 aromatic rings. The minimum atomic E-state index is -0.128. The largest absolute Gasteiger partial charge is 0.373 e. The minimum absolute atomic E-state index is 0.0992. The maximum atomic E-state index is 11.9. The van der Waals surface area contributed by atoms with E-state index in [0.29, 0.717) is 18.2 Å². The van der Waals surface area contributed by atoms with Gasteiger partial charge in [-0.1, -0.05) is 6.92 Å². The maximum Gasteiger partial charge on any atom is 0.237 e. The summed E-state index contributed by atoms with van der Waals surface area (Å²) < 4.78 is 5.77. The number of ether oxygens (including phenoxy) is 1. The molecule has 2 fully saturated rings. The first-order chi connectivity index (χ1) is 8.10.